The van der Waals surface area contributed by atoms with Crippen LogP contribution in [0.15, 0.2) is 48.8 Å². The first-order chi connectivity index (χ1) is 14.0. The minimum atomic E-state index is -0.212. The average Bonchev–Trinajstić information content (AvgIpc) is 3.03. The van der Waals surface area contributed by atoms with E-state index in [2.05, 4.69) is 4.98 Å². The van der Waals surface area contributed by atoms with Crippen molar-refractivity contribution in [3.63, 3.8) is 0 Å². The molecule has 0 atom stereocenters. The molecule has 0 saturated heterocycles. The molecule has 0 unspecified atom stereocenters. The van der Waals surface area contributed by atoms with Crippen molar-refractivity contribution in [2.24, 2.45) is 5.84 Å². The number of amides is 1. The molecule has 0 aliphatic heterocycles. The number of ether oxygens (including phenoxy) is 1. The molecule has 0 saturated carbocycles. The van der Waals surface area contributed by atoms with Gasteiger partial charge >= 0.3 is 18.9 Å². The standard InChI is InChI=1S/C21H21N4O3S.Li/c1-14-15(2)29-21(19(14)20(27)17-7-4-8-18(10-17)28-3)24(13-26)25(22)12-16-6-5-9-23-11-16;/h4-11H,12,22H2,1-3H3;/q-1;+1. The monoisotopic (exact) mass is 416 g/mol. The third kappa shape index (κ3) is 4.98. The summed E-state index contributed by atoms with van der Waals surface area (Å²) in [5.41, 5.74) is 2.51. The topological polar surface area (TPSA) is 88.8 Å². The molecule has 0 aliphatic rings. The van der Waals surface area contributed by atoms with Gasteiger partial charge in [0, 0.05) is 18.0 Å². The van der Waals surface area contributed by atoms with E-state index >= 15 is 0 Å². The Morgan fingerprint density at radius 3 is 2.67 bits per heavy atom. The van der Waals surface area contributed by atoms with Crippen LogP contribution in [0.5, 0.6) is 5.75 Å². The van der Waals surface area contributed by atoms with Crippen LogP contribution in [0.3, 0.4) is 0 Å². The smallest absolute Gasteiger partial charge is 0.497 e. The summed E-state index contributed by atoms with van der Waals surface area (Å²) < 4.78 is 5.22. The number of carbonyl (C=O) groups is 1. The Morgan fingerprint density at radius 2 is 2.03 bits per heavy atom. The van der Waals surface area contributed by atoms with Gasteiger partial charge in [-0.2, -0.15) is 5.12 Å². The molecule has 2 N–H and O–H groups in total. The van der Waals surface area contributed by atoms with Gasteiger partial charge in [-0.05, 0) is 58.6 Å². The Balaban J connectivity index is 0.00000320. The van der Waals surface area contributed by atoms with Crippen molar-refractivity contribution in [1.29, 1.82) is 0 Å². The second-order valence-electron chi connectivity index (χ2n) is 6.39. The number of hydrazine groups is 2. The maximum absolute atomic E-state index is 13.3. The van der Waals surface area contributed by atoms with Crippen molar-refractivity contribution in [2.75, 3.05) is 12.1 Å². The van der Waals surface area contributed by atoms with Crippen LogP contribution >= 0.6 is 11.3 Å². The van der Waals surface area contributed by atoms with Crippen molar-refractivity contribution in [3.8, 4) is 5.75 Å². The van der Waals surface area contributed by atoms with E-state index in [1.54, 1.807) is 49.8 Å². The van der Waals surface area contributed by atoms with Gasteiger partial charge in [0.15, 0.2) is 5.78 Å². The predicted molar refractivity (Wildman–Crippen MR) is 112 cm³/mol. The molecular weight excluding hydrogens is 395 g/mol. The van der Waals surface area contributed by atoms with Gasteiger partial charge in [-0.15, -0.1) is 0 Å². The fourth-order valence-electron chi connectivity index (χ4n) is 2.89. The molecule has 2 heterocycles. The Kier molecular flexibility index (Phi) is 8.35. The molecule has 9 heteroatoms. The summed E-state index contributed by atoms with van der Waals surface area (Å²) in [5.74, 6) is 6.52. The van der Waals surface area contributed by atoms with Crippen molar-refractivity contribution in [2.45, 2.75) is 20.4 Å². The van der Waals surface area contributed by atoms with Crippen molar-refractivity contribution in [3.05, 3.63) is 75.9 Å². The molecule has 1 aromatic carbocycles. The third-order valence-corrected chi connectivity index (χ3v) is 5.71. The van der Waals surface area contributed by atoms with Gasteiger partial charge in [0.25, 0.3) is 0 Å². The second-order valence-corrected chi connectivity index (χ2v) is 7.59. The summed E-state index contributed by atoms with van der Waals surface area (Å²) >= 11 is 1.32. The zero-order valence-electron chi connectivity index (χ0n) is 17.4. The summed E-state index contributed by atoms with van der Waals surface area (Å²) in [6, 6.07) is 10.5. The summed E-state index contributed by atoms with van der Waals surface area (Å²) in [4.78, 5) is 30.1. The molecular formula is C21H21LiN4O3S. The van der Waals surface area contributed by atoms with Crippen LogP contribution in [0.2, 0.25) is 0 Å². The number of nitrogens with two attached hydrogens (primary N) is 1. The number of thiophene rings is 1. The first-order valence-electron chi connectivity index (χ1n) is 8.84. The van der Waals surface area contributed by atoms with E-state index in [0.717, 1.165) is 21.0 Å². The SMILES string of the molecule is COc1cccc(C(=O)c2c(N([C-]=O)N(N)Cc3cccnc3)sc(C)c2C)c1.[Li+]. The molecule has 7 nitrogen and oxygen atoms in total. The fraction of sp³-hybridized carbons (Fsp3) is 0.190. The van der Waals surface area contributed by atoms with E-state index in [1.807, 2.05) is 26.3 Å². The molecule has 0 fully saturated rings. The van der Waals surface area contributed by atoms with Crippen molar-refractivity contribution < 1.29 is 33.2 Å². The van der Waals surface area contributed by atoms with Gasteiger partial charge in [0.2, 0.25) is 0 Å². The summed E-state index contributed by atoms with van der Waals surface area (Å²) in [5, 5.41) is 2.79. The number of nitrogens with zero attached hydrogens (tertiary/aromatic N) is 3. The van der Waals surface area contributed by atoms with E-state index in [0.29, 0.717) is 21.9 Å². The molecule has 1 amide bonds. The molecule has 0 radical (unpaired) electrons. The summed E-state index contributed by atoms with van der Waals surface area (Å²) in [6.45, 7) is 3.98. The number of aryl methyl sites for hydroxylation is 1. The van der Waals surface area contributed by atoms with E-state index in [1.165, 1.54) is 16.5 Å². The molecule has 3 rings (SSSR count). The van der Waals surface area contributed by atoms with Gasteiger partial charge in [-0.1, -0.05) is 18.2 Å². The number of ketones is 1. The number of methoxy groups -OCH3 is 1. The van der Waals surface area contributed by atoms with Crippen molar-refractivity contribution in [1.82, 2.24) is 10.1 Å². The number of aromatic nitrogens is 1. The van der Waals surface area contributed by atoms with Gasteiger partial charge in [0.05, 0.1) is 20.1 Å². The van der Waals surface area contributed by atoms with Crippen LogP contribution in [0, 0.1) is 13.8 Å². The minimum absolute atomic E-state index is 0. The summed E-state index contributed by atoms with van der Waals surface area (Å²) in [6.07, 6.45) is 5.17. The van der Waals surface area contributed by atoms with Crippen LogP contribution < -0.4 is 34.4 Å². The van der Waals surface area contributed by atoms with Gasteiger partial charge < -0.3 is 14.5 Å². The van der Waals surface area contributed by atoms with Crippen LogP contribution in [-0.2, 0) is 11.3 Å². The molecule has 3 aromatic rings. The predicted octanol–water partition coefficient (Wildman–Crippen LogP) is 0.168. The zero-order chi connectivity index (χ0) is 21.0. The van der Waals surface area contributed by atoms with Crippen LogP contribution in [0.4, 0.5) is 5.00 Å². The second kappa shape index (κ2) is 10.5. The Labute approximate surface area is 191 Å². The third-order valence-electron chi connectivity index (χ3n) is 4.53. The quantitative estimate of drug-likeness (QED) is 0.141. The number of carbonyl (C=O) groups excluding carboxylic acids is 2. The minimum Gasteiger partial charge on any atom is -0.497 e. The molecule has 2 aromatic heterocycles. The average molecular weight is 416 g/mol. The Hall–Kier alpha value is -2.47. The largest absolute Gasteiger partial charge is 1.00 e. The zero-order valence-corrected chi connectivity index (χ0v) is 18.2. The van der Waals surface area contributed by atoms with Crippen LogP contribution in [0.25, 0.3) is 0 Å². The molecule has 0 spiro atoms. The van der Waals surface area contributed by atoms with Crippen LogP contribution in [0.1, 0.15) is 31.9 Å². The number of hydrogen-bond donors (Lipinski definition) is 1. The normalized spacial score (nSPS) is 10.4. The van der Waals surface area contributed by atoms with Crippen LogP contribution in [-0.4, -0.2) is 29.4 Å². The van der Waals surface area contributed by atoms with E-state index in [9.17, 15) is 9.59 Å². The Bertz CT molecular complexity index is 1030. The molecule has 150 valence electrons. The Morgan fingerprint density at radius 1 is 1.27 bits per heavy atom. The maximum atomic E-state index is 13.3. The van der Waals surface area contributed by atoms with E-state index < -0.39 is 0 Å². The number of benzene rings is 1. The van der Waals surface area contributed by atoms with E-state index in [4.69, 9.17) is 10.6 Å². The molecule has 0 bridgehead atoms. The molecule has 0 aliphatic carbocycles. The summed E-state index contributed by atoms with van der Waals surface area (Å²) in [7, 11) is 1.54. The number of anilines is 1. The maximum Gasteiger partial charge on any atom is 1.00 e. The van der Waals surface area contributed by atoms with Gasteiger partial charge in [-0.25, -0.2) is 11.3 Å². The number of rotatable bonds is 8. The van der Waals surface area contributed by atoms with Gasteiger partial charge in [0.1, 0.15) is 5.75 Å². The van der Waals surface area contributed by atoms with Crippen molar-refractivity contribution >= 4 is 28.5 Å². The first kappa shape index (κ1) is 23.8. The fourth-order valence-corrected chi connectivity index (χ4v) is 4.02. The van der Waals surface area contributed by atoms with E-state index in [-0.39, 0.29) is 31.2 Å². The first-order valence-corrected chi connectivity index (χ1v) is 9.65. The molecule has 30 heavy (non-hydrogen) atoms. The number of pyridine rings is 1. The van der Waals surface area contributed by atoms with Gasteiger partial charge in [-0.3, -0.25) is 15.6 Å². The number of hydrogen-bond acceptors (Lipinski definition) is 7.